The molecular formula is C22H28N4O5S. The van der Waals surface area contributed by atoms with Gasteiger partial charge in [0.05, 0.1) is 17.9 Å². The summed E-state index contributed by atoms with van der Waals surface area (Å²) >= 11 is 0. The molecule has 2 heterocycles. The minimum absolute atomic E-state index is 0.0736. The third-order valence-electron chi connectivity index (χ3n) is 5.39. The zero-order valence-electron chi connectivity index (χ0n) is 18.2. The van der Waals surface area contributed by atoms with Gasteiger partial charge in [0.15, 0.2) is 0 Å². The molecule has 0 bridgehead atoms. The van der Waals surface area contributed by atoms with E-state index in [1.807, 2.05) is 6.07 Å². The predicted octanol–water partition coefficient (Wildman–Crippen LogP) is 1.31. The number of nitrogens with one attached hydrogen (secondary N) is 2. The topological polar surface area (TPSA) is 118 Å². The van der Waals surface area contributed by atoms with Gasteiger partial charge in [-0.15, -0.1) is 0 Å². The van der Waals surface area contributed by atoms with Gasteiger partial charge in [-0.25, -0.2) is 8.42 Å². The fourth-order valence-corrected chi connectivity index (χ4v) is 5.04. The van der Waals surface area contributed by atoms with Gasteiger partial charge in [0.1, 0.15) is 11.8 Å². The van der Waals surface area contributed by atoms with E-state index in [-0.39, 0.29) is 23.3 Å². The quantitative estimate of drug-likeness (QED) is 0.613. The Morgan fingerprint density at radius 2 is 2.00 bits per heavy atom. The van der Waals surface area contributed by atoms with E-state index < -0.39 is 22.0 Å². The second-order valence-electron chi connectivity index (χ2n) is 7.69. The van der Waals surface area contributed by atoms with Crippen LogP contribution in [0.3, 0.4) is 0 Å². The summed E-state index contributed by atoms with van der Waals surface area (Å²) in [6.07, 6.45) is 4.43. The van der Waals surface area contributed by atoms with E-state index in [0.29, 0.717) is 31.7 Å². The molecule has 1 aromatic carbocycles. The first-order chi connectivity index (χ1) is 15.3. The smallest absolute Gasteiger partial charge is 0.243 e. The molecule has 9 nitrogen and oxygen atoms in total. The Kier molecular flexibility index (Phi) is 7.81. The summed E-state index contributed by atoms with van der Waals surface area (Å²) in [5.41, 5.74) is 0.853. The van der Waals surface area contributed by atoms with Gasteiger partial charge < -0.3 is 15.4 Å². The molecule has 0 spiro atoms. The van der Waals surface area contributed by atoms with Crippen LogP contribution in [-0.2, 0) is 26.2 Å². The van der Waals surface area contributed by atoms with E-state index in [1.54, 1.807) is 37.5 Å². The summed E-state index contributed by atoms with van der Waals surface area (Å²) in [6.45, 7) is 2.33. The van der Waals surface area contributed by atoms with E-state index in [9.17, 15) is 18.0 Å². The Balaban J connectivity index is 1.56. The maximum absolute atomic E-state index is 13.0. The van der Waals surface area contributed by atoms with Gasteiger partial charge >= 0.3 is 0 Å². The number of nitrogens with zero attached hydrogens (tertiary/aromatic N) is 2. The van der Waals surface area contributed by atoms with E-state index in [1.165, 1.54) is 23.5 Å². The SMILES string of the molecule is COc1ccc(S(=O)(=O)N2CCCC(C(=O)N[C@@H](C)C(=O)NCc3cccnc3)C2)cc1. The Morgan fingerprint density at radius 1 is 1.25 bits per heavy atom. The minimum Gasteiger partial charge on any atom is -0.497 e. The van der Waals surface area contributed by atoms with Crippen molar-refractivity contribution in [3.05, 3.63) is 54.4 Å². The van der Waals surface area contributed by atoms with Crippen molar-refractivity contribution < 1.29 is 22.7 Å². The summed E-state index contributed by atoms with van der Waals surface area (Å²) in [5.74, 6) is -0.606. The number of pyridine rings is 1. The number of aromatic nitrogens is 1. The van der Waals surface area contributed by atoms with Gasteiger partial charge in [-0.1, -0.05) is 6.07 Å². The fraction of sp³-hybridized carbons (Fsp3) is 0.409. The Bertz CT molecular complexity index is 1030. The van der Waals surface area contributed by atoms with Gasteiger partial charge in [-0.3, -0.25) is 14.6 Å². The molecular weight excluding hydrogens is 432 g/mol. The summed E-state index contributed by atoms with van der Waals surface area (Å²) in [4.78, 5) is 29.2. The number of rotatable bonds is 8. The molecule has 1 unspecified atom stereocenters. The molecule has 2 aromatic rings. The van der Waals surface area contributed by atoms with E-state index >= 15 is 0 Å². The van der Waals surface area contributed by atoms with Crippen molar-refractivity contribution in [2.75, 3.05) is 20.2 Å². The lowest BCUT2D eigenvalue weighted by Crippen LogP contribution is -2.50. The van der Waals surface area contributed by atoms with Crippen LogP contribution in [0.5, 0.6) is 5.75 Å². The lowest BCUT2D eigenvalue weighted by atomic mass is 9.98. The minimum atomic E-state index is -3.72. The highest BCUT2D eigenvalue weighted by Crippen LogP contribution is 2.25. The van der Waals surface area contributed by atoms with Crippen molar-refractivity contribution in [1.29, 1.82) is 0 Å². The third kappa shape index (κ3) is 5.83. The number of benzene rings is 1. The van der Waals surface area contributed by atoms with Crippen molar-refractivity contribution >= 4 is 21.8 Å². The number of piperidine rings is 1. The predicted molar refractivity (Wildman–Crippen MR) is 118 cm³/mol. The maximum atomic E-state index is 13.0. The zero-order chi connectivity index (χ0) is 23.1. The molecule has 3 rings (SSSR count). The van der Waals surface area contributed by atoms with Crippen LogP contribution < -0.4 is 15.4 Å². The van der Waals surface area contributed by atoms with Crippen LogP contribution in [-0.4, -0.2) is 55.8 Å². The Morgan fingerprint density at radius 3 is 2.66 bits per heavy atom. The van der Waals surface area contributed by atoms with E-state index in [4.69, 9.17) is 4.74 Å². The first-order valence-electron chi connectivity index (χ1n) is 10.4. The van der Waals surface area contributed by atoms with Crippen LogP contribution in [0.1, 0.15) is 25.3 Å². The second kappa shape index (κ2) is 10.6. The van der Waals surface area contributed by atoms with E-state index in [2.05, 4.69) is 15.6 Å². The third-order valence-corrected chi connectivity index (χ3v) is 7.27. The lowest BCUT2D eigenvalue weighted by molar-refractivity contribution is -0.131. The molecule has 172 valence electrons. The lowest BCUT2D eigenvalue weighted by Gasteiger charge is -2.31. The van der Waals surface area contributed by atoms with Gasteiger partial charge in [0.25, 0.3) is 0 Å². The van der Waals surface area contributed by atoms with Crippen molar-refractivity contribution in [3.63, 3.8) is 0 Å². The van der Waals surface area contributed by atoms with Crippen molar-refractivity contribution in [3.8, 4) is 5.75 Å². The van der Waals surface area contributed by atoms with Crippen LogP contribution in [0.4, 0.5) is 0 Å². The number of carbonyl (C=O) groups is 2. The average molecular weight is 461 g/mol. The number of hydrogen-bond acceptors (Lipinski definition) is 6. The number of methoxy groups -OCH3 is 1. The second-order valence-corrected chi connectivity index (χ2v) is 9.63. The van der Waals surface area contributed by atoms with Crippen molar-refractivity contribution in [2.45, 2.75) is 37.2 Å². The molecule has 32 heavy (non-hydrogen) atoms. The number of sulfonamides is 1. The molecule has 2 atom stereocenters. The van der Waals surface area contributed by atoms with Crippen molar-refractivity contribution in [2.24, 2.45) is 5.92 Å². The maximum Gasteiger partial charge on any atom is 0.243 e. The molecule has 0 saturated carbocycles. The number of amides is 2. The molecule has 1 aromatic heterocycles. The monoisotopic (exact) mass is 460 g/mol. The van der Waals surface area contributed by atoms with Gasteiger partial charge in [0.2, 0.25) is 21.8 Å². The summed E-state index contributed by atoms with van der Waals surface area (Å²) < 4.78 is 32.4. The highest BCUT2D eigenvalue weighted by molar-refractivity contribution is 7.89. The number of carbonyl (C=O) groups excluding carboxylic acids is 2. The van der Waals surface area contributed by atoms with Crippen LogP contribution in [0.15, 0.2) is 53.7 Å². The van der Waals surface area contributed by atoms with Crippen molar-refractivity contribution in [1.82, 2.24) is 19.9 Å². The first-order valence-corrected chi connectivity index (χ1v) is 11.9. The largest absolute Gasteiger partial charge is 0.497 e. The molecule has 2 amide bonds. The van der Waals surface area contributed by atoms with Gasteiger partial charge in [0, 0.05) is 32.0 Å². The summed E-state index contributed by atoms with van der Waals surface area (Å²) in [7, 11) is -2.21. The molecule has 1 saturated heterocycles. The average Bonchev–Trinajstić information content (AvgIpc) is 2.83. The highest BCUT2D eigenvalue weighted by Gasteiger charge is 2.34. The van der Waals surface area contributed by atoms with Crippen LogP contribution in [0.2, 0.25) is 0 Å². The molecule has 0 aliphatic carbocycles. The normalized spacial score (nSPS) is 17.9. The Labute approximate surface area is 188 Å². The van der Waals surface area contributed by atoms with Crippen LogP contribution in [0.25, 0.3) is 0 Å². The Hall–Kier alpha value is -2.98. The molecule has 2 N–H and O–H groups in total. The molecule has 0 radical (unpaired) electrons. The zero-order valence-corrected chi connectivity index (χ0v) is 19.0. The summed E-state index contributed by atoms with van der Waals surface area (Å²) in [6, 6.07) is 9.05. The standard InChI is InChI=1S/C22H28N4O5S/c1-16(21(27)24-14-17-5-3-11-23-13-17)25-22(28)18-6-4-12-26(15-18)32(29,30)20-9-7-19(31-2)8-10-20/h3,5,7-11,13,16,18H,4,6,12,14-15H2,1-2H3,(H,24,27)(H,25,28)/t16-,18?/m0/s1. The van der Waals surface area contributed by atoms with Gasteiger partial charge in [-0.2, -0.15) is 4.31 Å². The van der Waals surface area contributed by atoms with Crippen LogP contribution in [0, 0.1) is 5.92 Å². The molecule has 1 aliphatic rings. The molecule has 1 fully saturated rings. The summed E-state index contributed by atoms with van der Waals surface area (Å²) in [5, 5.41) is 5.47. The van der Waals surface area contributed by atoms with E-state index in [0.717, 1.165) is 5.56 Å². The molecule has 1 aliphatic heterocycles. The highest BCUT2D eigenvalue weighted by atomic mass is 32.2. The van der Waals surface area contributed by atoms with Crippen LogP contribution >= 0.6 is 0 Å². The number of ether oxygens (including phenoxy) is 1. The van der Waals surface area contributed by atoms with Gasteiger partial charge in [-0.05, 0) is 55.7 Å². The number of hydrogen-bond donors (Lipinski definition) is 2. The fourth-order valence-electron chi connectivity index (χ4n) is 3.51. The molecule has 10 heteroatoms. The first kappa shape index (κ1) is 23.7.